The average Bonchev–Trinajstić information content (AvgIpc) is 2.30. The summed E-state index contributed by atoms with van der Waals surface area (Å²) in [4.78, 5) is 11.4. The standard InChI is InChI=1S/C11H7BrN2O2/c1-16-11(15)9-3-2-8(12)4-10(9)7(5-13)6-14/h2-4,7H,1H3. The van der Waals surface area contributed by atoms with Crippen LogP contribution in [0.1, 0.15) is 21.8 Å². The Labute approximate surface area is 101 Å². The molecular formula is C11H7BrN2O2. The summed E-state index contributed by atoms with van der Waals surface area (Å²) in [5.41, 5.74) is 0.588. The molecule has 0 saturated carbocycles. The summed E-state index contributed by atoms with van der Waals surface area (Å²) >= 11 is 3.22. The molecule has 16 heavy (non-hydrogen) atoms. The van der Waals surface area contributed by atoms with Gasteiger partial charge in [-0.15, -0.1) is 0 Å². The highest BCUT2D eigenvalue weighted by atomic mass is 79.9. The lowest BCUT2D eigenvalue weighted by molar-refractivity contribution is 0.0599. The molecule has 0 heterocycles. The number of rotatable bonds is 2. The molecule has 0 atom stereocenters. The van der Waals surface area contributed by atoms with Crippen molar-refractivity contribution in [3.8, 4) is 12.1 Å². The van der Waals surface area contributed by atoms with Crippen LogP contribution in [0.2, 0.25) is 0 Å². The summed E-state index contributed by atoms with van der Waals surface area (Å²) in [6.45, 7) is 0. The smallest absolute Gasteiger partial charge is 0.338 e. The topological polar surface area (TPSA) is 73.9 Å². The van der Waals surface area contributed by atoms with Crippen LogP contribution in [0.25, 0.3) is 0 Å². The van der Waals surface area contributed by atoms with Crippen LogP contribution in [-0.4, -0.2) is 13.1 Å². The van der Waals surface area contributed by atoms with Gasteiger partial charge in [-0.05, 0) is 23.8 Å². The fourth-order valence-corrected chi connectivity index (χ4v) is 1.62. The number of carbonyl (C=O) groups excluding carboxylic acids is 1. The van der Waals surface area contributed by atoms with Gasteiger partial charge in [-0.1, -0.05) is 15.9 Å². The van der Waals surface area contributed by atoms with Gasteiger partial charge in [0.2, 0.25) is 0 Å². The third-order valence-corrected chi connectivity index (χ3v) is 2.48. The number of nitriles is 2. The van der Waals surface area contributed by atoms with Gasteiger partial charge in [-0.25, -0.2) is 4.79 Å². The Hall–Kier alpha value is -1.85. The van der Waals surface area contributed by atoms with Gasteiger partial charge >= 0.3 is 5.97 Å². The van der Waals surface area contributed by atoms with Crippen LogP contribution < -0.4 is 0 Å². The number of hydrogen-bond donors (Lipinski definition) is 0. The number of ether oxygens (including phenoxy) is 1. The molecule has 0 radical (unpaired) electrons. The Morgan fingerprint density at radius 1 is 1.44 bits per heavy atom. The normalized spacial score (nSPS) is 9.31. The zero-order valence-corrected chi connectivity index (χ0v) is 9.98. The van der Waals surface area contributed by atoms with Crippen molar-refractivity contribution in [3.63, 3.8) is 0 Å². The summed E-state index contributed by atoms with van der Waals surface area (Å²) < 4.78 is 5.28. The molecule has 0 bridgehead atoms. The van der Waals surface area contributed by atoms with E-state index in [4.69, 9.17) is 10.5 Å². The van der Waals surface area contributed by atoms with E-state index in [0.717, 1.165) is 0 Å². The lowest BCUT2D eigenvalue weighted by Crippen LogP contribution is -2.07. The van der Waals surface area contributed by atoms with Crippen molar-refractivity contribution >= 4 is 21.9 Å². The Bertz CT molecular complexity index is 486. The minimum Gasteiger partial charge on any atom is -0.465 e. The molecule has 0 amide bonds. The van der Waals surface area contributed by atoms with E-state index in [1.54, 1.807) is 12.1 Å². The van der Waals surface area contributed by atoms with Gasteiger partial charge in [-0.2, -0.15) is 10.5 Å². The highest BCUT2D eigenvalue weighted by Crippen LogP contribution is 2.24. The monoisotopic (exact) mass is 278 g/mol. The summed E-state index contributed by atoms with van der Waals surface area (Å²) in [5, 5.41) is 17.6. The predicted molar refractivity (Wildman–Crippen MR) is 59.4 cm³/mol. The molecule has 0 aliphatic rings. The van der Waals surface area contributed by atoms with Gasteiger partial charge in [0.15, 0.2) is 5.92 Å². The Morgan fingerprint density at radius 2 is 2.06 bits per heavy atom. The van der Waals surface area contributed by atoms with Crippen molar-refractivity contribution in [1.29, 1.82) is 10.5 Å². The van der Waals surface area contributed by atoms with Crippen LogP contribution in [0.5, 0.6) is 0 Å². The first-order valence-corrected chi connectivity index (χ1v) is 5.10. The second kappa shape index (κ2) is 5.29. The maximum absolute atomic E-state index is 11.4. The minimum absolute atomic E-state index is 0.235. The molecule has 0 aromatic heterocycles. The fraction of sp³-hybridized carbons (Fsp3) is 0.182. The third-order valence-electron chi connectivity index (χ3n) is 1.99. The van der Waals surface area contributed by atoms with Crippen molar-refractivity contribution in [2.24, 2.45) is 0 Å². The molecule has 0 unspecified atom stereocenters. The lowest BCUT2D eigenvalue weighted by Gasteiger charge is -2.08. The first kappa shape index (κ1) is 12.2. The molecule has 0 aliphatic heterocycles. The molecule has 0 fully saturated rings. The van der Waals surface area contributed by atoms with Crippen LogP contribution in [0.15, 0.2) is 22.7 Å². The largest absolute Gasteiger partial charge is 0.465 e. The molecule has 1 aromatic carbocycles. The summed E-state index contributed by atoms with van der Waals surface area (Å²) in [6, 6.07) is 8.40. The number of methoxy groups -OCH3 is 1. The zero-order valence-electron chi connectivity index (χ0n) is 8.40. The van der Waals surface area contributed by atoms with Crippen LogP contribution in [0, 0.1) is 22.7 Å². The van der Waals surface area contributed by atoms with E-state index in [0.29, 0.717) is 10.0 Å². The highest BCUT2D eigenvalue weighted by molar-refractivity contribution is 9.10. The number of hydrogen-bond acceptors (Lipinski definition) is 4. The zero-order chi connectivity index (χ0) is 12.1. The van der Waals surface area contributed by atoms with E-state index in [1.807, 2.05) is 12.1 Å². The van der Waals surface area contributed by atoms with Gasteiger partial charge in [-0.3, -0.25) is 0 Å². The third kappa shape index (κ3) is 2.39. The highest BCUT2D eigenvalue weighted by Gasteiger charge is 2.19. The maximum atomic E-state index is 11.4. The van der Waals surface area contributed by atoms with Crippen LogP contribution >= 0.6 is 15.9 Å². The van der Waals surface area contributed by atoms with E-state index < -0.39 is 11.9 Å². The van der Waals surface area contributed by atoms with E-state index in [9.17, 15) is 4.79 Å². The maximum Gasteiger partial charge on any atom is 0.338 e. The molecule has 0 N–H and O–H groups in total. The van der Waals surface area contributed by atoms with Gasteiger partial charge in [0.25, 0.3) is 0 Å². The summed E-state index contributed by atoms with van der Waals surface area (Å²) in [6.07, 6.45) is 0. The molecule has 80 valence electrons. The summed E-state index contributed by atoms with van der Waals surface area (Å²) in [7, 11) is 1.25. The van der Waals surface area contributed by atoms with Gasteiger partial charge in [0.05, 0.1) is 24.8 Å². The van der Waals surface area contributed by atoms with Crippen LogP contribution in [0.4, 0.5) is 0 Å². The first-order chi connectivity index (χ1) is 7.63. The van der Waals surface area contributed by atoms with Gasteiger partial charge < -0.3 is 4.74 Å². The summed E-state index contributed by atoms with van der Waals surface area (Å²) in [5.74, 6) is -1.54. The van der Waals surface area contributed by atoms with Gasteiger partial charge in [0, 0.05) is 4.47 Å². The second-order valence-electron chi connectivity index (χ2n) is 2.91. The Morgan fingerprint density at radius 3 is 2.56 bits per heavy atom. The van der Waals surface area contributed by atoms with E-state index >= 15 is 0 Å². The minimum atomic E-state index is -0.980. The molecule has 5 heteroatoms. The van der Waals surface area contributed by atoms with Gasteiger partial charge in [0.1, 0.15) is 0 Å². The van der Waals surface area contributed by atoms with Crippen molar-refractivity contribution in [1.82, 2.24) is 0 Å². The number of halogens is 1. The van der Waals surface area contributed by atoms with Crippen LogP contribution in [0.3, 0.4) is 0 Å². The van der Waals surface area contributed by atoms with E-state index in [1.165, 1.54) is 13.2 Å². The second-order valence-corrected chi connectivity index (χ2v) is 3.83. The van der Waals surface area contributed by atoms with Crippen molar-refractivity contribution < 1.29 is 9.53 Å². The van der Waals surface area contributed by atoms with Crippen LogP contribution in [-0.2, 0) is 4.74 Å². The lowest BCUT2D eigenvalue weighted by atomic mass is 9.96. The molecule has 4 nitrogen and oxygen atoms in total. The Kier molecular flexibility index (Phi) is 4.04. The first-order valence-electron chi connectivity index (χ1n) is 4.31. The van der Waals surface area contributed by atoms with Crippen molar-refractivity contribution in [2.45, 2.75) is 5.92 Å². The number of carbonyl (C=O) groups is 1. The number of nitrogens with zero attached hydrogens (tertiary/aromatic N) is 2. The molecular weight excluding hydrogens is 272 g/mol. The van der Waals surface area contributed by atoms with Crippen molar-refractivity contribution in [2.75, 3.05) is 7.11 Å². The SMILES string of the molecule is COC(=O)c1ccc(Br)cc1C(C#N)C#N. The molecule has 1 aromatic rings. The van der Waals surface area contributed by atoms with E-state index in [-0.39, 0.29) is 5.56 Å². The molecule has 0 aliphatic carbocycles. The number of esters is 1. The van der Waals surface area contributed by atoms with E-state index in [2.05, 4.69) is 20.7 Å². The fourth-order valence-electron chi connectivity index (χ4n) is 1.24. The average molecular weight is 279 g/mol. The molecule has 0 spiro atoms. The number of benzene rings is 1. The molecule has 0 saturated heterocycles. The predicted octanol–water partition coefficient (Wildman–Crippen LogP) is 2.37. The Balaban J connectivity index is 3.36. The van der Waals surface area contributed by atoms with Crippen molar-refractivity contribution in [3.05, 3.63) is 33.8 Å². The quantitative estimate of drug-likeness (QED) is 0.779. The molecule has 1 rings (SSSR count).